The van der Waals surface area contributed by atoms with Crippen LogP contribution in [0.15, 0.2) is 28.9 Å². The zero-order chi connectivity index (χ0) is 11.7. The molecule has 2 aromatic rings. The summed E-state index contributed by atoms with van der Waals surface area (Å²) in [5.74, 6) is -1.93. The lowest BCUT2D eigenvalue weighted by Crippen LogP contribution is -1.95. The normalized spacial score (nSPS) is 10.4. The Kier molecular flexibility index (Phi) is 2.62. The van der Waals surface area contributed by atoms with E-state index in [1.165, 1.54) is 12.1 Å². The fourth-order valence-corrected chi connectivity index (χ4v) is 1.33. The maximum Gasteiger partial charge on any atom is 0.357 e. The summed E-state index contributed by atoms with van der Waals surface area (Å²) in [4.78, 5) is 14.2. The number of aromatic carboxylic acids is 1. The zero-order valence-electron chi connectivity index (χ0n) is 7.78. The fraction of sp³-hybridized carbons (Fsp3) is 0. The number of carboxylic acid groups (broad SMARTS) is 1. The van der Waals surface area contributed by atoms with E-state index in [0.717, 1.165) is 12.3 Å². The summed E-state index contributed by atoms with van der Waals surface area (Å²) in [5.41, 5.74) is -0.255. The molecule has 0 spiro atoms. The molecule has 0 amide bonds. The van der Waals surface area contributed by atoms with Crippen LogP contribution in [0.1, 0.15) is 10.5 Å². The van der Waals surface area contributed by atoms with Crippen LogP contribution in [0.3, 0.4) is 0 Å². The molecule has 0 radical (unpaired) electrons. The summed E-state index contributed by atoms with van der Waals surface area (Å²) in [5, 5.41) is 8.94. The highest BCUT2D eigenvalue weighted by Crippen LogP contribution is 2.25. The van der Waals surface area contributed by atoms with Crippen molar-refractivity contribution in [3.63, 3.8) is 0 Å². The van der Waals surface area contributed by atoms with Crippen LogP contribution in [0.25, 0.3) is 11.5 Å². The molecule has 1 aromatic carbocycles. The Morgan fingerprint density at radius 1 is 1.50 bits per heavy atom. The van der Waals surface area contributed by atoms with E-state index in [-0.39, 0.29) is 17.1 Å². The number of hydrogen-bond acceptors (Lipinski definition) is 3. The van der Waals surface area contributed by atoms with E-state index in [2.05, 4.69) is 4.98 Å². The van der Waals surface area contributed by atoms with Gasteiger partial charge in [0.2, 0.25) is 5.89 Å². The molecule has 2 rings (SSSR count). The molecule has 16 heavy (non-hydrogen) atoms. The molecule has 1 heterocycles. The second-order valence-corrected chi connectivity index (χ2v) is 3.40. The minimum Gasteiger partial charge on any atom is -0.476 e. The monoisotopic (exact) mass is 241 g/mol. The Morgan fingerprint density at radius 2 is 2.25 bits per heavy atom. The molecule has 0 aliphatic carbocycles. The number of benzene rings is 1. The number of hydrogen-bond donors (Lipinski definition) is 1. The standard InChI is InChI=1S/C10H5ClFNO3/c11-5-1-2-7(12)6(3-5)9-13-8(4-16-9)10(14)15/h1-4H,(H,14,15). The third-order valence-electron chi connectivity index (χ3n) is 1.88. The molecule has 0 atom stereocenters. The predicted octanol–water partition coefficient (Wildman–Crippen LogP) is 2.83. The van der Waals surface area contributed by atoms with Crippen LogP contribution in [-0.4, -0.2) is 16.1 Å². The lowest BCUT2D eigenvalue weighted by Gasteiger charge is -1.97. The highest BCUT2D eigenvalue weighted by molar-refractivity contribution is 6.30. The predicted molar refractivity (Wildman–Crippen MR) is 53.9 cm³/mol. The van der Waals surface area contributed by atoms with Gasteiger partial charge in [0.05, 0.1) is 5.56 Å². The number of halogens is 2. The van der Waals surface area contributed by atoms with Crippen molar-refractivity contribution in [2.24, 2.45) is 0 Å². The summed E-state index contributed by atoms with van der Waals surface area (Å²) >= 11 is 5.68. The number of nitrogens with zero attached hydrogens (tertiary/aromatic N) is 1. The molecule has 1 N–H and O–H groups in total. The van der Waals surface area contributed by atoms with Crippen molar-refractivity contribution in [1.82, 2.24) is 4.98 Å². The van der Waals surface area contributed by atoms with Crippen molar-refractivity contribution in [2.75, 3.05) is 0 Å². The van der Waals surface area contributed by atoms with Gasteiger partial charge < -0.3 is 9.52 Å². The summed E-state index contributed by atoms with van der Waals surface area (Å²) in [6, 6.07) is 3.85. The first-order valence-electron chi connectivity index (χ1n) is 4.22. The van der Waals surface area contributed by atoms with Crippen molar-refractivity contribution >= 4 is 17.6 Å². The summed E-state index contributed by atoms with van der Waals surface area (Å²) in [7, 11) is 0. The van der Waals surface area contributed by atoms with Crippen molar-refractivity contribution in [2.45, 2.75) is 0 Å². The van der Waals surface area contributed by atoms with Crippen LogP contribution < -0.4 is 0 Å². The Hall–Kier alpha value is -1.88. The molecule has 0 fully saturated rings. The number of aromatic nitrogens is 1. The molecule has 0 saturated carbocycles. The Morgan fingerprint density at radius 3 is 2.88 bits per heavy atom. The molecule has 0 aliphatic heterocycles. The fourth-order valence-electron chi connectivity index (χ4n) is 1.16. The topological polar surface area (TPSA) is 63.3 Å². The zero-order valence-corrected chi connectivity index (χ0v) is 8.53. The molecule has 0 aliphatic rings. The largest absolute Gasteiger partial charge is 0.476 e. The minimum atomic E-state index is -1.24. The second kappa shape index (κ2) is 3.94. The van der Waals surface area contributed by atoms with E-state index >= 15 is 0 Å². The van der Waals surface area contributed by atoms with Gasteiger partial charge in [-0.05, 0) is 18.2 Å². The van der Waals surface area contributed by atoms with Gasteiger partial charge in [0, 0.05) is 5.02 Å². The molecular formula is C10H5ClFNO3. The average molecular weight is 242 g/mol. The lowest BCUT2D eigenvalue weighted by atomic mass is 10.2. The van der Waals surface area contributed by atoms with Crippen molar-refractivity contribution < 1.29 is 18.7 Å². The van der Waals surface area contributed by atoms with Gasteiger partial charge in [-0.25, -0.2) is 14.2 Å². The van der Waals surface area contributed by atoms with E-state index in [0.29, 0.717) is 5.02 Å². The van der Waals surface area contributed by atoms with E-state index in [4.69, 9.17) is 21.1 Å². The molecule has 82 valence electrons. The minimum absolute atomic E-state index is 0.0278. The maximum atomic E-state index is 13.4. The highest BCUT2D eigenvalue weighted by Gasteiger charge is 2.15. The molecule has 0 unspecified atom stereocenters. The van der Waals surface area contributed by atoms with Crippen molar-refractivity contribution in [3.05, 3.63) is 41.0 Å². The third-order valence-corrected chi connectivity index (χ3v) is 2.12. The molecular weight excluding hydrogens is 237 g/mol. The highest BCUT2D eigenvalue weighted by atomic mass is 35.5. The van der Waals surface area contributed by atoms with Crippen LogP contribution in [0, 0.1) is 5.82 Å². The molecule has 1 aromatic heterocycles. The number of carboxylic acids is 1. The van der Waals surface area contributed by atoms with E-state index < -0.39 is 11.8 Å². The number of rotatable bonds is 2. The van der Waals surface area contributed by atoms with Crippen molar-refractivity contribution in [1.29, 1.82) is 0 Å². The van der Waals surface area contributed by atoms with Gasteiger partial charge >= 0.3 is 5.97 Å². The molecule has 0 bridgehead atoms. The Bertz CT molecular complexity index is 553. The van der Waals surface area contributed by atoms with Gasteiger partial charge in [-0.1, -0.05) is 11.6 Å². The van der Waals surface area contributed by atoms with Gasteiger partial charge in [-0.3, -0.25) is 0 Å². The van der Waals surface area contributed by atoms with Gasteiger partial charge in [-0.15, -0.1) is 0 Å². The number of carbonyl (C=O) groups is 1. The average Bonchev–Trinajstić information content (AvgIpc) is 2.70. The van der Waals surface area contributed by atoms with Gasteiger partial charge in [0.15, 0.2) is 5.69 Å². The van der Waals surface area contributed by atoms with Crippen molar-refractivity contribution in [3.8, 4) is 11.5 Å². The van der Waals surface area contributed by atoms with Crippen LogP contribution in [0.4, 0.5) is 4.39 Å². The smallest absolute Gasteiger partial charge is 0.357 e. The van der Waals surface area contributed by atoms with Gasteiger partial charge in [0.1, 0.15) is 12.1 Å². The van der Waals surface area contributed by atoms with Crippen LogP contribution in [-0.2, 0) is 0 Å². The Labute approximate surface area is 94.3 Å². The summed E-state index contributed by atoms with van der Waals surface area (Å²) in [6.07, 6.45) is 0.942. The first kappa shape index (κ1) is 10.6. The first-order chi connectivity index (χ1) is 7.58. The summed E-state index contributed by atoms with van der Waals surface area (Å²) in [6.45, 7) is 0. The maximum absolute atomic E-state index is 13.4. The Balaban J connectivity index is 2.50. The number of oxazole rings is 1. The van der Waals surface area contributed by atoms with E-state index in [1.807, 2.05) is 0 Å². The van der Waals surface area contributed by atoms with Crippen LogP contribution >= 0.6 is 11.6 Å². The molecule has 6 heteroatoms. The van der Waals surface area contributed by atoms with Gasteiger partial charge in [0.25, 0.3) is 0 Å². The van der Waals surface area contributed by atoms with Crippen LogP contribution in [0.2, 0.25) is 5.02 Å². The van der Waals surface area contributed by atoms with Gasteiger partial charge in [-0.2, -0.15) is 0 Å². The SMILES string of the molecule is O=C(O)c1coc(-c2cc(Cl)ccc2F)n1. The van der Waals surface area contributed by atoms with Crippen LogP contribution in [0.5, 0.6) is 0 Å². The van der Waals surface area contributed by atoms with E-state index in [1.54, 1.807) is 0 Å². The second-order valence-electron chi connectivity index (χ2n) is 2.97. The lowest BCUT2D eigenvalue weighted by molar-refractivity contribution is 0.0690. The quantitative estimate of drug-likeness (QED) is 0.878. The van der Waals surface area contributed by atoms with E-state index in [9.17, 15) is 9.18 Å². The summed E-state index contributed by atoms with van der Waals surface area (Å²) < 4.78 is 18.2. The first-order valence-corrected chi connectivity index (χ1v) is 4.60. The third kappa shape index (κ3) is 1.90. The molecule has 4 nitrogen and oxygen atoms in total. The molecule has 0 saturated heterocycles.